The van der Waals surface area contributed by atoms with Gasteiger partial charge >= 0.3 is 0 Å². The summed E-state index contributed by atoms with van der Waals surface area (Å²) in [5, 5.41) is 4.57. The van der Waals surface area contributed by atoms with Crippen LogP contribution in [-0.2, 0) is 11.3 Å². The van der Waals surface area contributed by atoms with Gasteiger partial charge in [-0.25, -0.2) is 5.01 Å². The van der Waals surface area contributed by atoms with Gasteiger partial charge in [0, 0.05) is 38.0 Å². The minimum atomic E-state index is 0.682. The van der Waals surface area contributed by atoms with E-state index in [0.717, 1.165) is 35.8 Å². The molecule has 0 aliphatic carbocycles. The Hall–Kier alpha value is -2.76. The number of anilines is 2. The number of hydrazine groups is 1. The van der Waals surface area contributed by atoms with E-state index in [1.165, 1.54) is 16.8 Å². The van der Waals surface area contributed by atoms with Gasteiger partial charge in [0.2, 0.25) is 0 Å². The molecule has 5 nitrogen and oxygen atoms in total. The molecule has 5 heteroatoms. The molecule has 3 aromatic rings. The van der Waals surface area contributed by atoms with E-state index in [1.54, 1.807) is 14.2 Å². The number of aromatic amines is 1. The molecular formula is C22H25N3O2. The van der Waals surface area contributed by atoms with Crippen molar-refractivity contribution < 1.29 is 9.47 Å². The number of fused-ring (bicyclic) bond motifs is 1. The number of methoxy groups -OCH3 is 2. The summed E-state index contributed by atoms with van der Waals surface area (Å²) in [6.45, 7) is 4.48. The van der Waals surface area contributed by atoms with E-state index in [0.29, 0.717) is 6.61 Å². The summed E-state index contributed by atoms with van der Waals surface area (Å²) in [7, 11) is 3.46. The summed E-state index contributed by atoms with van der Waals surface area (Å²) in [5.74, 6) is 0.856. The third-order valence-corrected chi connectivity index (χ3v) is 5.06. The van der Waals surface area contributed by atoms with Crippen molar-refractivity contribution in [1.29, 1.82) is 0 Å². The van der Waals surface area contributed by atoms with Crippen LogP contribution in [0.1, 0.15) is 11.1 Å². The van der Waals surface area contributed by atoms with E-state index in [2.05, 4.69) is 70.5 Å². The smallest absolute Gasteiger partial charge is 0.130 e. The standard InChI is InChI=1S/C22H25N3O2/c1-16-10-11-23-22(16)19-9-8-18(14-21(19)27-3)25-20-7-5-4-6-17(20)15-24(25)12-13-26-2/h4-11,14,23H,12-13,15H2,1-3H3. The predicted octanol–water partition coefficient (Wildman–Crippen LogP) is 4.51. The van der Waals surface area contributed by atoms with Crippen molar-refractivity contribution in [2.45, 2.75) is 13.5 Å². The molecule has 0 atom stereocenters. The van der Waals surface area contributed by atoms with Crippen LogP contribution in [0.25, 0.3) is 11.3 Å². The fourth-order valence-corrected chi connectivity index (χ4v) is 3.70. The predicted molar refractivity (Wildman–Crippen MR) is 108 cm³/mol. The average molecular weight is 363 g/mol. The average Bonchev–Trinajstić information content (AvgIpc) is 3.28. The van der Waals surface area contributed by atoms with E-state index in [9.17, 15) is 0 Å². The van der Waals surface area contributed by atoms with Crippen molar-refractivity contribution >= 4 is 11.4 Å². The van der Waals surface area contributed by atoms with Crippen LogP contribution in [0.15, 0.2) is 54.7 Å². The van der Waals surface area contributed by atoms with E-state index in [-0.39, 0.29) is 0 Å². The number of benzene rings is 2. The monoisotopic (exact) mass is 363 g/mol. The number of nitrogens with zero attached hydrogens (tertiary/aromatic N) is 2. The van der Waals surface area contributed by atoms with Gasteiger partial charge in [0.15, 0.2) is 0 Å². The van der Waals surface area contributed by atoms with E-state index in [1.807, 2.05) is 6.20 Å². The summed E-state index contributed by atoms with van der Waals surface area (Å²) < 4.78 is 11.1. The molecule has 1 aromatic heterocycles. The lowest BCUT2D eigenvalue weighted by atomic mass is 10.1. The summed E-state index contributed by atoms with van der Waals surface area (Å²) in [4.78, 5) is 3.32. The normalized spacial score (nSPS) is 13.8. The molecule has 0 unspecified atom stereocenters. The lowest BCUT2D eigenvalue weighted by Gasteiger charge is -2.30. The van der Waals surface area contributed by atoms with Crippen LogP contribution in [-0.4, -0.2) is 37.4 Å². The number of rotatable bonds is 6. The van der Waals surface area contributed by atoms with Gasteiger partial charge in [0.05, 0.1) is 30.8 Å². The number of hydrogen-bond donors (Lipinski definition) is 1. The first kappa shape index (κ1) is 17.6. The Morgan fingerprint density at radius 2 is 1.93 bits per heavy atom. The molecule has 0 spiro atoms. The Balaban J connectivity index is 1.75. The van der Waals surface area contributed by atoms with Crippen molar-refractivity contribution in [1.82, 2.24) is 9.99 Å². The molecule has 4 rings (SSSR count). The van der Waals surface area contributed by atoms with E-state index >= 15 is 0 Å². The lowest BCUT2D eigenvalue weighted by molar-refractivity contribution is 0.150. The molecule has 1 N–H and O–H groups in total. The van der Waals surface area contributed by atoms with Crippen LogP contribution >= 0.6 is 0 Å². The van der Waals surface area contributed by atoms with E-state index < -0.39 is 0 Å². The Morgan fingerprint density at radius 1 is 1.07 bits per heavy atom. The van der Waals surface area contributed by atoms with Crippen molar-refractivity contribution in [3.05, 3.63) is 65.9 Å². The van der Waals surface area contributed by atoms with Crippen molar-refractivity contribution in [2.75, 3.05) is 32.4 Å². The van der Waals surface area contributed by atoms with Gasteiger partial charge in [-0.1, -0.05) is 18.2 Å². The molecule has 0 saturated heterocycles. The number of aromatic nitrogens is 1. The molecule has 140 valence electrons. The Labute approximate surface area is 160 Å². The molecule has 0 radical (unpaired) electrons. The number of H-pyrrole nitrogens is 1. The van der Waals surface area contributed by atoms with Crippen molar-refractivity contribution in [3.63, 3.8) is 0 Å². The van der Waals surface area contributed by atoms with Crippen LogP contribution < -0.4 is 9.75 Å². The second-order valence-corrected chi connectivity index (χ2v) is 6.74. The summed E-state index contributed by atoms with van der Waals surface area (Å²) >= 11 is 0. The molecule has 0 amide bonds. The summed E-state index contributed by atoms with van der Waals surface area (Å²) in [6, 6.07) is 17.0. The minimum Gasteiger partial charge on any atom is -0.496 e. The van der Waals surface area contributed by atoms with Crippen LogP contribution in [0.4, 0.5) is 11.4 Å². The molecule has 27 heavy (non-hydrogen) atoms. The lowest BCUT2D eigenvalue weighted by Crippen LogP contribution is -2.36. The topological polar surface area (TPSA) is 40.7 Å². The van der Waals surface area contributed by atoms with Gasteiger partial charge in [0.25, 0.3) is 0 Å². The highest BCUT2D eigenvalue weighted by Crippen LogP contribution is 2.41. The molecule has 0 fully saturated rings. The minimum absolute atomic E-state index is 0.682. The SMILES string of the molecule is COCCN1Cc2ccccc2N1c1ccc(-c2[nH]ccc2C)c(OC)c1. The van der Waals surface area contributed by atoms with Crippen molar-refractivity contribution in [3.8, 4) is 17.0 Å². The zero-order chi connectivity index (χ0) is 18.8. The Bertz CT molecular complexity index is 935. The molecule has 0 saturated carbocycles. The van der Waals surface area contributed by atoms with Gasteiger partial charge in [-0.2, -0.15) is 0 Å². The number of ether oxygens (including phenoxy) is 2. The Morgan fingerprint density at radius 3 is 2.67 bits per heavy atom. The van der Waals surface area contributed by atoms with Gasteiger partial charge in [-0.3, -0.25) is 5.01 Å². The molecule has 0 bridgehead atoms. The highest BCUT2D eigenvalue weighted by Gasteiger charge is 2.28. The first-order chi connectivity index (χ1) is 13.2. The fraction of sp³-hybridized carbons (Fsp3) is 0.273. The maximum absolute atomic E-state index is 5.74. The number of aryl methyl sites for hydroxylation is 1. The van der Waals surface area contributed by atoms with Crippen LogP contribution in [0, 0.1) is 6.92 Å². The van der Waals surface area contributed by atoms with Gasteiger partial charge in [-0.15, -0.1) is 0 Å². The van der Waals surface area contributed by atoms with E-state index in [4.69, 9.17) is 9.47 Å². The highest BCUT2D eigenvalue weighted by atomic mass is 16.5. The first-order valence-corrected chi connectivity index (χ1v) is 9.17. The molecule has 1 aliphatic heterocycles. The van der Waals surface area contributed by atoms with Gasteiger partial charge in [-0.05, 0) is 42.3 Å². The number of hydrogen-bond acceptors (Lipinski definition) is 4. The fourth-order valence-electron chi connectivity index (χ4n) is 3.70. The second-order valence-electron chi connectivity index (χ2n) is 6.74. The first-order valence-electron chi connectivity index (χ1n) is 9.17. The van der Waals surface area contributed by atoms with Crippen molar-refractivity contribution in [2.24, 2.45) is 0 Å². The van der Waals surface area contributed by atoms with Gasteiger partial charge in [0.1, 0.15) is 5.75 Å². The maximum atomic E-state index is 5.74. The maximum Gasteiger partial charge on any atom is 0.130 e. The summed E-state index contributed by atoms with van der Waals surface area (Å²) in [6.07, 6.45) is 1.96. The van der Waals surface area contributed by atoms with Crippen LogP contribution in [0.2, 0.25) is 0 Å². The zero-order valence-corrected chi connectivity index (χ0v) is 16.0. The molecule has 1 aliphatic rings. The van der Waals surface area contributed by atoms with Crippen LogP contribution in [0.5, 0.6) is 5.75 Å². The highest BCUT2D eigenvalue weighted by molar-refractivity contribution is 5.76. The number of nitrogens with one attached hydrogen (secondary N) is 1. The second kappa shape index (κ2) is 7.47. The Kier molecular flexibility index (Phi) is 4.88. The molecule has 2 heterocycles. The third-order valence-electron chi connectivity index (χ3n) is 5.06. The number of para-hydroxylation sites is 1. The zero-order valence-electron chi connectivity index (χ0n) is 16.0. The largest absolute Gasteiger partial charge is 0.496 e. The molecular weight excluding hydrogens is 338 g/mol. The van der Waals surface area contributed by atoms with Gasteiger partial charge < -0.3 is 14.5 Å². The molecule has 2 aromatic carbocycles. The summed E-state index contributed by atoms with van der Waals surface area (Å²) in [5.41, 5.74) is 6.97. The van der Waals surface area contributed by atoms with Crippen LogP contribution in [0.3, 0.4) is 0 Å². The quantitative estimate of drug-likeness (QED) is 0.699. The third kappa shape index (κ3) is 3.20.